The highest BCUT2D eigenvalue weighted by atomic mass is 16.6. The minimum atomic E-state index is -0.651. The van der Waals surface area contributed by atoms with E-state index in [-0.39, 0.29) is 11.8 Å². The summed E-state index contributed by atoms with van der Waals surface area (Å²) >= 11 is 0. The van der Waals surface area contributed by atoms with Crippen molar-refractivity contribution in [3.63, 3.8) is 0 Å². The summed E-state index contributed by atoms with van der Waals surface area (Å²) in [5, 5.41) is 0. The molecule has 2 aliphatic heterocycles. The maximum atomic E-state index is 13.3. The predicted octanol–water partition coefficient (Wildman–Crippen LogP) is 4.83. The van der Waals surface area contributed by atoms with E-state index in [0.29, 0.717) is 42.4 Å². The van der Waals surface area contributed by atoms with Gasteiger partial charge < -0.3 is 28.4 Å². The van der Waals surface area contributed by atoms with Crippen molar-refractivity contribution in [3.05, 3.63) is 47.5 Å². The van der Waals surface area contributed by atoms with Crippen molar-refractivity contribution in [2.75, 3.05) is 41.6 Å². The summed E-state index contributed by atoms with van der Waals surface area (Å²) < 4.78 is 32.8. The number of rotatable bonds is 15. The van der Waals surface area contributed by atoms with Crippen LogP contribution in [0, 0.1) is 0 Å². The molecule has 0 aliphatic carbocycles. The van der Waals surface area contributed by atoms with Crippen molar-refractivity contribution in [1.29, 1.82) is 0 Å². The van der Waals surface area contributed by atoms with Gasteiger partial charge in [-0.25, -0.2) is 0 Å². The van der Waals surface area contributed by atoms with Crippen molar-refractivity contribution in [1.82, 2.24) is 4.90 Å². The second kappa shape index (κ2) is 14.4. The number of methoxy groups -OCH3 is 4. The number of epoxide rings is 1. The monoisotopic (exact) mass is 555 g/mol. The maximum absolute atomic E-state index is 13.3. The number of benzene rings is 2. The van der Waals surface area contributed by atoms with Crippen LogP contribution >= 0.6 is 0 Å². The van der Waals surface area contributed by atoms with Gasteiger partial charge in [-0.3, -0.25) is 14.5 Å². The topological polar surface area (TPSA) is 96.1 Å². The number of hydrogen-bond donors (Lipinski definition) is 0. The van der Waals surface area contributed by atoms with Crippen molar-refractivity contribution in [2.24, 2.45) is 0 Å². The van der Waals surface area contributed by atoms with Crippen molar-refractivity contribution in [2.45, 2.75) is 69.7 Å². The molecule has 3 unspecified atom stereocenters. The van der Waals surface area contributed by atoms with E-state index in [2.05, 4.69) is 12.1 Å². The summed E-state index contributed by atoms with van der Waals surface area (Å²) in [6.07, 6.45) is 6.55. The van der Waals surface area contributed by atoms with Crippen LogP contribution in [0.15, 0.2) is 36.4 Å². The van der Waals surface area contributed by atoms with E-state index in [4.69, 9.17) is 28.4 Å². The van der Waals surface area contributed by atoms with Crippen molar-refractivity contribution < 1.29 is 38.0 Å². The molecule has 3 atom stereocenters. The zero-order chi connectivity index (χ0) is 28.5. The Morgan fingerprint density at radius 2 is 1.57 bits per heavy atom. The van der Waals surface area contributed by atoms with Gasteiger partial charge in [0, 0.05) is 12.1 Å². The molecule has 2 aliphatic rings. The number of unbranched alkanes of at least 4 members (excludes halogenated alkanes) is 3. The van der Waals surface area contributed by atoms with Gasteiger partial charge in [-0.1, -0.05) is 31.4 Å². The Morgan fingerprint density at radius 3 is 2.23 bits per heavy atom. The highest BCUT2D eigenvalue weighted by Crippen LogP contribution is 2.41. The first-order valence-corrected chi connectivity index (χ1v) is 14.1. The number of Topliss-reactive ketones (excluding diaryl/α,β-unsaturated/α-hetero) is 1. The van der Waals surface area contributed by atoms with E-state index in [1.807, 2.05) is 17.0 Å². The van der Waals surface area contributed by atoms with E-state index in [1.165, 1.54) is 26.9 Å². The fraction of sp³-hybridized carbons (Fsp3) is 0.548. The molecule has 218 valence electrons. The maximum Gasteiger partial charge on any atom is 0.323 e. The summed E-state index contributed by atoms with van der Waals surface area (Å²) in [4.78, 5) is 28.2. The number of piperidine rings is 1. The fourth-order valence-corrected chi connectivity index (χ4v) is 5.29. The molecule has 0 radical (unpaired) electrons. The number of hydrogen-bond acceptors (Lipinski definition) is 9. The number of carbonyl (C=O) groups is 2. The smallest absolute Gasteiger partial charge is 0.323 e. The molecule has 2 aromatic carbocycles. The second-order valence-electron chi connectivity index (χ2n) is 10.2. The van der Waals surface area contributed by atoms with Crippen LogP contribution in [0.5, 0.6) is 23.0 Å². The summed E-state index contributed by atoms with van der Waals surface area (Å²) in [6, 6.07) is 11.0. The van der Waals surface area contributed by atoms with Crippen LogP contribution in [-0.2, 0) is 20.7 Å². The molecule has 0 amide bonds. The number of aryl methyl sites for hydroxylation is 1. The van der Waals surface area contributed by atoms with Gasteiger partial charge in [-0.05, 0) is 61.9 Å². The Morgan fingerprint density at radius 1 is 0.875 bits per heavy atom. The third kappa shape index (κ3) is 7.26. The molecule has 0 saturated carbocycles. The minimum Gasteiger partial charge on any atom is -0.497 e. The normalized spacial score (nSPS) is 20.4. The molecule has 40 heavy (non-hydrogen) atoms. The van der Waals surface area contributed by atoms with E-state index in [0.717, 1.165) is 50.7 Å². The number of ether oxygens (including phenoxy) is 6. The van der Waals surface area contributed by atoms with Crippen LogP contribution in [0.1, 0.15) is 60.9 Å². The summed E-state index contributed by atoms with van der Waals surface area (Å²) in [5.41, 5.74) is 1.71. The zero-order valence-corrected chi connectivity index (χ0v) is 24.0. The van der Waals surface area contributed by atoms with Gasteiger partial charge in [0.15, 0.2) is 23.4 Å². The van der Waals surface area contributed by atoms with Crippen molar-refractivity contribution in [3.8, 4) is 23.0 Å². The lowest BCUT2D eigenvalue weighted by molar-refractivity contribution is -0.152. The SMILES string of the molecule is COc1ccc(CCCCCCOC(=O)C2CCCCN2C2OC2C(=O)c2cc(OC)c(OC)c(OC)c2)cc1. The number of likely N-dealkylation sites (tertiary alicyclic amines) is 1. The largest absolute Gasteiger partial charge is 0.497 e. The molecule has 0 bridgehead atoms. The van der Waals surface area contributed by atoms with Gasteiger partial charge in [0.2, 0.25) is 5.75 Å². The third-order valence-electron chi connectivity index (χ3n) is 7.58. The van der Waals surface area contributed by atoms with Crippen LogP contribution in [0.25, 0.3) is 0 Å². The van der Waals surface area contributed by atoms with Crippen molar-refractivity contribution >= 4 is 11.8 Å². The number of ketones is 1. The Kier molecular flexibility index (Phi) is 10.7. The lowest BCUT2D eigenvalue weighted by Crippen LogP contribution is -2.48. The number of carbonyl (C=O) groups excluding carboxylic acids is 2. The molecule has 2 fully saturated rings. The average molecular weight is 556 g/mol. The van der Waals surface area contributed by atoms with Crippen LogP contribution in [0.4, 0.5) is 0 Å². The molecule has 2 aromatic rings. The third-order valence-corrected chi connectivity index (χ3v) is 7.58. The summed E-state index contributed by atoms with van der Waals surface area (Å²) in [7, 11) is 6.20. The Bertz CT molecular complexity index is 1110. The zero-order valence-electron chi connectivity index (χ0n) is 24.0. The highest BCUT2D eigenvalue weighted by molar-refractivity contribution is 6.02. The average Bonchev–Trinajstić information content (AvgIpc) is 3.80. The van der Waals surface area contributed by atoms with Gasteiger partial charge >= 0.3 is 5.97 Å². The quantitative estimate of drug-likeness (QED) is 0.133. The Hall–Kier alpha value is -3.30. The molecule has 9 nitrogen and oxygen atoms in total. The van der Waals surface area contributed by atoms with E-state index < -0.39 is 18.4 Å². The van der Waals surface area contributed by atoms with Gasteiger partial charge in [0.05, 0.1) is 35.0 Å². The predicted molar refractivity (Wildman–Crippen MR) is 150 cm³/mol. The summed E-state index contributed by atoms with van der Waals surface area (Å²) in [6.45, 7) is 1.10. The van der Waals surface area contributed by atoms with E-state index in [1.54, 1.807) is 19.2 Å². The molecule has 0 N–H and O–H groups in total. The standard InChI is InChI=1S/C31H41NO8/c1-35-23-15-13-21(14-16-23)11-7-5-6-10-18-39-31(34)24-12-8-9-17-32(24)30-29(40-30)27(33)22-19-25(36-2)28(38-4)26(20-22)37-3/h13-16,19-20,24,29-30H,5-12,17-18H2,1-4H3. The van der Waals surface area contributed by atoms with Gasteiger partial charge in [0.25, 0.3) is 0 Å². The van der Waals surface area contributed by atoms with Crippen LogP contribution < -0.4 is 18.9 Å². The first-order chi connectivity index (χ1) is 19.5. The lowest BCUT2D eigenvalue weighted by Gasteiger charge is -2.32. The second-order valence-corrected chi connectivity index (χ2v) is 10.2. The van der Waals surface area contributed by atoms with Crippen LogP contribution in [0.2, 0.25) is 0 Å². The van der Waals surface area contributed by atoms with Gasteiger partial charge in [-0.2, -0.15) is 0 Å². The first kappa shape index (κ1) is 29.7. The molecular weight excluding hydrogens is 514 g/mol. The molecule has 2 saturated heterocycles. The Labute approximate surface area is 236 Å². The number of esters is 1. The van der Waals surface area contributed by atoms with Crippen LogP contribution in [0.3, 0.4) is 0 Å². The lowest BCUT2D eigenvalue weighted by atomic mass is 10.0. The molecule has 4 rings (SSSR count). The Balaban J connectivity index is 1.23. The van der Waals surface area contributed by atoms with E-state index in [9.17, 15) is 9.59 Å². The van der Waals surface area contributed by atoms with Gasteiger partial charge in [0.1, 0.15) is 18.0 Å². The molecular formula is C31H41NO8. The highest BCUT2D eigenvalue weighted by Gasteiger charge is 2.52. The molecule has 2 heterocycles. The van der Waals surface area contributed by atoms with Gasteiger partial charge in [-0.15, -0.1) is 0 Å². The number of nitrogens with zero attached hydrogens (tertiary/aromatic N) is 1. The van der Waals surface area contributed by atoms with E-state index >= 15 is 0 Å². The summed E-state index contributed by atoms with van der Waals surface area (Å²) in [5.74, 6) is 1.69. The molecule has 9 heteroatoms. The fourth-order valence-electron chi connectivity index (χ4n) is 5.29. The molecule has 0 aromatic heterocycles. The van der Waals surface area contributed by atoms with Crippen LogP contribution in [-0.4, -0.2) is 76.6 Å². The minimum absolute atomic E-state index is 0.184. The first-order valence-electron chi connectivity index (χ1n) is 14.1. The molecule has 0 spiro atoms.